The van der Waals surface area contributed by atoms with Crippen LogP contribution in [0.2, 0.25) is 0 Å². The molecule has 5 heterocycles. The molecule has 0 unspecified atom stereocenters. The molecule has 2 aliphatic heterocycles. The Hall–Kier alpha value is -5.94. The van der Waals surface area contributed by atoms with Crippen LogP contribution in [0.4, 0.5) is 38.1 Å². The van der Waals surface area contributed by atoms with Crippen molar-refractivity contribution >= 4 is 34.9 Å². The van der Waals surface area contributed by atoms with E-state index in [1.165, 1.54) is 0 Å². The Balaban J connectivity index is 1.30. The number of anilines is 2. The maximum absolute atomic E-state index is 13.7. The quantitative estimate of drug-likeness (QED) is 0.100. The number of carbonyl (C=O) groups excluding carboxylic acids is 2. The van der Waals surface area contributed by atoms with Gasteiger partial charge in [0, 0.05) is 25.6 Å². The molecule has 7 rings (SSSR count). The monoisotopic (exact) mass is 847 g/mol. The molecule has 3 aromatic heterocycles. The average molecular weight is 848 g/mol. The highest BCUT2D eigenvalue weighted by Gasteiger charge is 2.57. The van der Waals surface area contributed by atoms with Crippen LogP contribution in [0.25, 0.3) is 11.2 Å². The Kier molecular flexibility index (Phi) is 12.7. The summed E-state index contributed by atoms with van der Waals surface area (Å²) in [5.41, 5.74) is 1.88. The van der Waals surface area contributed by atoms with Gasteiger partial charge < -0.3 is 34.9 Å². The van der Waals surface area contributed by atoms with E-state index in [2.05, 4.69) is 40.9 Å². The number of benzene rings is 2. The molecule has 0 saturated carbocycles. The number of nitrogens with one attached hydrogen (secondary N) is 2. The number of nitrogens with zero attached hydrogens (tertiary/aromatic N) is 9. The Bertz CT molecular complexity index is 2180. The standard InChI is InChI=1S/C37H39F6N11O6/c38-36(39,40)33(56)59-26-27(30-49-51-54(50-30)18-19-55)58-32(28(26)60-34(57)37(41,42)43)53-21-46-25-29(47-35(48-31(25)53)44-14-17-52-15-8-3-9-16-52)45-20-24(22-10-4-1-5-11-22)23-12-6-2-7-13-23/h1-2,4-7,10-13,21,24,26-28,32,55H,3,8-9,14-20H2,(H2,44,45,47,48)/t26-,27-,28+,32+/m0/s1. The van der Waals surface area contributed by atoms with Crippen LogP contribution in [0.15, 0.2) is 67.0 Å². The minimum Gasteiger partial charge on any atom is -0.448 e. The summed E-state index contributed by atoms with van der Waals surface area (Å²) in [5, 5.41) is 27.2. The number of tetrazole rings is 1. The molecule has 5 aromatic rings. The number of carbonyl (C=O) groups is 2. The molecule has 23 heteroatoms. The van der Waals surface area contributed by atoms with Gasteiger partial charge in [-0.25, -0.2) is 14.6 Å². The van der Waals surface area contributed by atoms with Gasteiger partial charge in [-0.05, 0) is 42.3 Å². The molecular formula is C37H39F6N11O6. The summed E-state index contributed by atoms with van der Waals surface area (Å²) < 4.78 is 98.6. The molecule has 0 spiro atoms. The highest BCUT2D eigenvalue weighted by Crippen LogP contribution is 2.44. The van der Waals surface area contributed by atoms with Crippen molar-refractivity contribution in [1.82, 2.24) is 44.6 Å². The molecule has 0 bridgehead atoms. The fraction of sp³-hybridized carbons (Fsp3) is 0.459. The van der Waals surface area contributed by atoms with Crippen LogP contribution in [0.5, 0.6) is 0 Å². The van der Waals surface area contributed by atoms with Gasteiger partial charge in [-0.15, -0.1) is 10.2 Å². The molecule has 0 aliphatic carbocycles. The van der Waals surface area contributed by atoms with E-state index in [0.29, 0.717) is 13.1 Å². The third-order valence-electron chi connectivity index (χ3n) is 9.89. The zero-order chi connectivity index (χ0) is 42.4. The van der Waals surface area contributed by atoms with Crippen molar-refractivity contribution in [2.24, 2.45) is 0 Å². The Morgan fingerprint density at radius 2 is 1.48 bits per heavy atom. The number of hydrogen-bond donors (Lipinski definition) is 3. The van der Waals surface area contributed by atoms with Crippen molar-refractivity contribution in [3.8, 4) is 0 Å². The minimum atomic E-state index is -5.64. The number of aliphatic hydroxyl groups excluding tert-OH is 1. The van der Waals surface area contributed by atoms with Gasteiger partial charge in [0.25, 0.3) is 0 Å². The molecule has 2 saturated heterocycles. The van der Waals surface area contributed by atoms with Crippen LogP contribution in [-0.4, -0.2) is 126 Å². The second kappa shape index (κ2) is 18.1. The first-order valence-corrected chi connectivity index (χ1v) is 18.9. The van der Waals surface area contributed by atoms with Crippen LogP contribution in [0.1, 0.15) is 54.5 Å². The number of imidazole rings is 1. The van der Waals surface area contributed by atoms with Gasteiger partial charge in [0.2, 0.25) is 11.8 Å². The summed E-state index contributed by atoms with van der Waals surface area (Å²) >= 11 is 0. The lowest BCUT2D eigenvalue weighted by Crippen LogP contribution is -2.42. The van der Waals surface area contributed by atoms with E-state index >= 15 is 0 Å². The molecule has 0 amide bonds. The summed E-state index contributed by atoms with van der Waals surface area (Å²) in [7, 11) is 0. The van der Waals surface area contributed by atoms with Gasteiger partial charge >= 0.3 is 24.3 Å². The van der Waals surface area contributed by atoms with E-state index in [0.717, 1.165) is 59.2 Å². The van der Waals surface area contributed by atoms with E-state index in [-0.39, 0.29) is 41.9 Å². The average Bonchev–Trinajstić information content (AvgIpc) is 3.96. The van der Waals surface area contributed by atoms with Crippen LogP contribution >= 0.6 is 0 Å². The van der Waals surface area contributed by atoms with Gasteiger partial charge in [0.1, 0.15) is 0 Å². The third-order valence-corrected chi connectivity index (χ3v) is 9.89. The number of aromatic nitrogens is 8. The maximum atomic E-state index is 13.7. The number of esters is 2. The van der Waals surface area contributed by atoms with Crippen molar-refractivity contribution in [3.05, 3.63) is 83.9 Å². The number of likely N-dealkylation sites (tertiary alicyclic amines) is 1. The molecule has 17 nitrogen and oxygen atoms in total. The van der Waals surface area contributed by atoms with Gasteiger partial charge in [0.05, 0.1) is 19.5 Å². The molecule has 4 atom stereocenters. The largest absolute Gasteiger partial charge is 0.490 e. The zero-order valence-corrected chi connectivity index (χ0v) is 31.6. The molecule has 0 radical (unpaired) electrons. The summed E-state index contributed by atoms with van der Waals surface area (Å²) in [6.07, 6.45) is -15.8. The summed E-state index contributed by atoms with van der Waals surface area (Å²) in [4.78, 5) is 41.4. The van der Waals surface area contributed by atoms with Crippen LogP contribution < -0.4 is 10.6 Å². The van der Waals surface area contributed by atoms with E-state index in [4.69, 9.17) is 19.2 Å². The first-order chi connectivity index (χ1) is 28.8. The number of hydrogen-bond acceptors (Lipinski definition) is 15. The smallest absolute Gasteiger partial charge is 0.448 e. The number of alkyl halides is 6. The lowest BCUT2D eigenvalue weighted by Gasteiger charge is -2.26. The first-order valence-electron chi connectivity index (χ1n) is 18.9. The zero-order valence-electron chi connectivity index (χ0n) is 31.6. The van der Waals surface area contributed by atoms with E-state index in [1.54, 1.807) is 0 Å². The summed E-state index contributed by atoms with van der Waals surface area (Å²) in [5.74, 6) is -6.20. The topological polar surface area (TPSA) is 197 Å². The second-order valence-corrected chi connectivity index (χ2v) is 14.0. The molecule has 320 valence electrons. The number of ether oxygens (including phenoxy) is 3. The van der Waals surface area contributed by atoms with Crippen molar-refractivity contribution in [1.29, 1.82) is 0 Å². The Labute approximate surface area is 337 Å². The predicted molar refractivity (Wildman–Crippen MR) is 197 cm³/mol. The highest BCUT2D eigenvalue weighted by atomic mass is 19.4. The van der Waals surface area contributed by atoms with Crippen molar-refractivity contribution in [2.75, 3.05) is 50.0 Å². The van der Waals surface area contributed by atoms with Crippen LogP contribution in [0.3, 0.4) is 0 Å². The Morgan fingerprint density at radius 1 is 0.850 bits per heavy atom. The lowest BCUT2D eigenvalue weighted by molar-refractivity contribution is -0.221. The van der Waals surface area contributed by atoms with E-state index in [9.17, 15) is 41.0 Å². The van der Waals surface area contributed by atoms with Gasteiger partial charge in [0.15, 0.2) is 41.5 Å². The number of piperidine rings is 1. The fourth-order valence-corrected chi connectivity index (χ4v) is 7.07. The number of rotatable bonds is 15. The molecule has 3 N–H and O–H groups in total. The lowest BCUT2D eigenvalue weighted by atomic mass is 9.91. The predicted octanol–water partition coefficient (Wildman–Crippen LogP) is 4.17. The first kappa shape index (κ1) is 42.2. The van der Waals surface area contributed by atoms with Crippen LogP contribution in [-0.2, 0) is 30.3 Å². The molecular weight excluding hydrogens is 808 g/mol. The minimum absolute atomic E-state index is 0.0479. The van der Waals surface area contributed by atoms with Crippen LogP contribution in [0, 0.1) is 0 Å². The molecule has 2 aromatic carbocycles. The summed E-state index contributed by atoms with van der Waals surface area (Å²) in [6.45, 7) is 2.35. The second-order valence-electron chi connectivity index (χ2n) is 14.0. The van der Waals surface area contributed by atoms with Gasteiger partial charge in [-0.3, -0.25) is 4.57 Å². The van der Waals surface area contributed by atoms with Crippen molar-refractivity contribution in [2.45, 2.75) is 68.6 Å². The van der Waals surface area contributed by atoms with E-state index in [1.807, 2.05) is 60.7 Å². The molecule has 2 aliphatic rings. The normalized spacial score (nSPS) is 20.1. The van der Waals surface area contributed by atoms with Crippen molar-refractivity contribution in [3.63, 3.8) is 0 Å². The van der Waals surface area contributed by atoms with E-state index < -0.39 is 61.3 Å². The molecule has 2 fully saturated rings. The van der Waals surface area contributed by atoms with Gasteiger partial charge in [-0.1, -0.05) is 67.1 Å². The SMILES string of the molecule is O=C(O[C@@H]1[C@@H](OC(=O)C(F)(F)F)[C@H](n2cnc3c(NCC(c4ccccc4)c4ccccc4)nc(NCCN4CCCCC4)nc32)O[C@@H]1c1nnn(CCO)n1)C(F)(F)F. The number of fused-ring (bicyclic) bond motifs is 1. The van der Waals surface area contributed by atoms with Gasteiger partial charge in [-0.2, -0.15) is 41.1 Å². The van der Waals surface area contributed by atoms with Crippen molar-refractivity contribution < 1.29 is 55.2 Å². The summed E-state index contributed by atoms with van der Waals surface area (Å²) in [6, 6.07) is 19.2. The fourth-order valence-electron chi connectivity index (χ4n) is 7.07. The maximum Gasteiger partial charge on any atom is 0.490 e. The number of aliphatic hydroxyl groups is 1. The highest BCUT2D eigenvalue weighted by molar-refractivity contribution is 5.84. The Morgan fingerprint density at radius 3 is 2.10 bits per heavy atom. The molecule has 60 heavy (non-hydrogen) atoms. The number of halogens is 6. The third kappa shape index (κ3) is 9.74.